The first-order valence-electron chi connectivity index (χ1n) is 6.46. The molecule has 0 spiro atoms. The number of urea groups is 1. The minimum atomic E-state index is -0.940. The molecule has 1 aromatic rings. The zero-order chi connectivity index (χ0) is 16.0. The molecule has 1 aromatic carbocycles. The van der Waals surface area contributed by atoms with Crippen molar-refractivity contribution in [3.63, 3.8) is 0 Å². The van der Waals surface area contributed by atoms with Crippen LogP contribution in [-0.4, -0.2) is 30.8 Å². The van der Waals surface area contributed by atoms with Crippen LogP contribution >= 0.6 is 11.6 Å². The van der Waals surface area contributed by atoms with Gasteiger partial charge in [0.05, 0.1) is 23.7 Å². The molecule has 3 N–H and O–H groups in total. The van der Waals surface area contributed by atoms with Crippen molar-refractivity contribution in [1.82, 2.24) is 5.32 Å². The van der Waals surface area contributed by atoms with Crippen LogP contribution < -0.4 is 15.4 Å². The number of carbonyl (C=O) groups is 2. The number of anilines is 1. The van der Waals surface area contributed by atoms with Crippen LogP contribution in [0.5, 0.6) is 5.75 Å². The number of carboxylic acids is 1. The van der Waals surface area contributed by atoms with Crippen LogP contribution in [0.1, 0.15) is 13.8 Å². The van der Waals surface area contributed by atoms with Crippen molar-refractivity contribution < 1.29 is 19.4 Å². The molecule has 0 radical (unpaired) electrons. The van der Waals surface area contributed by atoms with E-state index in [9.17, 15) is 9.59 Å². The zero-order valence-electron chi connectivity index (χ0n) is 12.1. The molecule has 0 aliphatic rings. The Morgan fingerprint density at radius 3 is 2.57 bits per heavy atom. The second-order valence-corrected chi connectivity index (χ2v) is 5.28. The first kappa shape index (κ1) is 17.1. The lowest BCUT2D eigenvalue weighted by atomic mass is 9.96. The van der Waals surface area contributed by atoms with E-state index in [-0.39, 0.29) is 12.5 Å². The number of methoxy groups -OCH3 is 1. The maximum atomic E-state index is 11.8. The van der Waals surface area contributed by atoms with Gasteiger partial charge in [-0.05, 0) is 18.1 Å². The van der Waals surface area contributed by atoms with Gasteiger partial charge in [-0.15, -0.1) is 0 Å². The molecule has 1 atom stereocenters. The molecule has 6 nitrogen and oxygen atoms in total. The number of rotatable bonds is 6. The van der Waals surface area contributed by atoms with Gasteiger partial charge in [-0.2, -0.15) is 0 Å². The van der Waals surface area contributed by atoms with Crippen LogP contribution in [0.2, 0.25) is 5.02 Å². The lowest BCUT2D eigenvalue weighted by Crippen LogP contribution is -2.37. The van der Waals surface area contributed by atoms with Gasteiger partial charge in [0.2, 0.25) is 0 Å². The van der Waals surface area contributed by atoms with Gasteiger partial charge in [-0.3, -0.25) is 4.79 Å². The Balaban J connectivity index is 2.63. The van der Waals surface area contributed by atoms with Crippen LogP contribution in [0.25, 0.3) is 0 Å². The van der Waals surface area contributed by atoms with Gasteiger partial charge in [0.1, 0.15) is 5.75 Å². The number of carboxylic acid groups (broad SMARTS) is 1. The van der Waals surface area contributed by atoms with Crippen LogP contribution in [0, 0.1) is 11.8 Å². The van der Waals surface area contributed by atoms with Crippen molar-refractivity contribution in [2.24, 2.45) is 11.8 Å². The lowest BCUT2D eigenvalue weighted by molar-refractivity contribution is -0.142. The highest BCUT2D eigenvalue weighted by Crippen LogP contribution is 2.26. The quantitative estimate of drug-likeness (QED) is 0.753. The van der Waals surface area contributed by atoms with Gasteiger partial charge in [0, 0.05) is 12.6 Å². The van der Waals surface area contributed by atoms with Gasteiger partial charge in [0.15, 0.2) is 0 Å². The van der Waals surface area contributed by atoms with E-state index < -0.39 is 17.9 Å². The topological polar surface area (TPSA) is 87.7 Å². The van der Waals surface area contributed by atoms with Crippen LogP contribution in [0.4, 0.5) is 10.5 Å². The monoisotopic (exact) mass is 314 g/mol. The molecule has 0 aromatic heterocycles. The Kier molecular flexibility index (Phi) is 6.30. The molecular formula is C14H19ClN2O4. The van der Waals surface area contributed by atoms with Crippen LogP contribution in [0.3, 0.4) is 0 Å². The van der Waals surface area contributed by atoms with Crippen LogP contribution in [0.15, 0.2) is 18.2 Å². The van der Waals surface area contributed by atoms with Gasteiger partial charge in [0.25, 0.3) is 0 Å². The molecular weight excluding hydrogens is 296 g/mol. The summed E-state index contributed by atoms with van der Waals surface area (Å²) in [6.07, 6.45) is 0. The van der Waals surface area contributed by atoms with Crippen molar-refractivity contribution in [3.8, 4) is 5.75 Å². The summed E-state index contributed by atoms with van der Waals surface area (Å²) in [5, 5.41) is 14.5. The van der Waals surface area contributed by atoms with E-state index in [4.69, 9.17) is 21.4 Å². The Labute approximate surface area is 128 Å². The van der Waals surface area contributed by atoms with Crippen molar-refractivity contribution in [3.05, 3.63) is 23.2 Å². The fourth-order valence-corrected chi connectivity index (χ4v) is 1.87. The number of hydrogen-bond acceptors (Lipinski definition) is 3. The molecule has 0 aliphatic carbocycles. The van der Waals surface area contributed by atoms with E-state index in [0.29, 0.717) is 16.5 Å². The summed E-state index contributed by atoms with van der Waals surface area (Å²) in [6.45, 7) is 3.62. The van der Waals surface area contributed by atoms with Gasteiger partial charge >= 0.3 is 12.0 Å². The summed E-state index contributed by atoms with van der Waals surface area (Å²) in [5.41, 5.74) is 0.393. The van der Waals surface area contributed by atoms with Crippen molar-refractivity contribution in [2.45, 2.75) is 13.8 Å². The van der Waals surface area contributed by atoms with Crippen molar-refractivity contribution >= 4 is 29.3 Å². The molecule has 2 amide bonds. The summed E-state index contributed by atoms with van der Waals surface area (Å²) >= 11 is 5.97. The van der Waals surface area contributed by atoms with Crippen molar-refractivity contribution in [2.75, 3.05) is 19.0 Å². The number of hydrogen-bond donors (Lipinski definition) is 3. The highest BCUT2D eigenvalue weighted by molar-refractivity contribution is 6.33. The Hall–Kier alpha value is -1.95. The summed E-state index contributed by atoms with van der Waals surface area (Å²) in [5.74, 6) is -1.11. The van der Waals surface area contributed by atoms with E-state index in [2.05, 4.69) is 10.6 Å². The average molecular weight is 315 g/mol. The SMILES string of the molecule is COc1ccc(Cl)c(NC(=O)NCC(C(=O)O)C(C)C)c1. The maximum absolute atomic E-state index is 11.8. The molecule has 0 fully saturated rings. The van der Waals surface area contributed by atoms with Gasteiger partial charge in [-0.25, -0.2) is 4.79 Å². The summed E-state index contributed by atoms with van der Waals surface area (Å²) in [7, 11) is 1.51. The largest absolute Gasteiger partial charge is 0.497 e. The molecule has 1 unspecified atom stereocenters. The minimum Gasteiger partial charge on any atom is -0.497 e. The standard InChI is InChI=1S/C14H19ClN2O4/c1-8(2)10(13(18)19)7-16-14(20)17-12-6-9(21-3)4-5-11(12)15/h4-6,8,10H,7H2,1-3H3,(H,18,19)(H2,16,17,20). The van der Waals surface area contributed by atoms with Crippen LogP contribution in [-0.2, 0) is 4.79 Å². The number of halogens is 1. The third-order valence-corrected chi connectivity index (χ3v) is 3.36. The number of carbonyl (C=O) groups excluding carboxylic acids is 1. The Bertz CT molecular complexity index is 520. The molecule has 1 rings (SSSR count). The number of nitrogens with one attached hydrogen (secondary N) is 2. The summed E-state index contributed by atoms with van der Waals surface area (Å²) in [4.78, 5) is 22.8. The predicted molar refractivity (Wildman–Crippen MR) is 81.0 cm³/mol. The van der Waals surface area contributed by atoms with Gasteiger partial charge < -0.3 is 20.5 Å². The smallest absolute Gasteiger partial charge is 0.319 e. The van der Waals surface area contributed by atoms with E-state index in [1.54, 1.807) is 32.0 Å². The third-order valence-electron chi connectivity index (χ3n) is 3.03. The molecule has 0 saturated heterocycles. The Morgan fingerprint density at radius 1 is 1.38 bits per heavy atom. The lowest BCUT2D eigenvalue weighted by Gasteiger charge is -2.17. The first-order valence-corrected chi connectivity index (χ1v) is 6.84. The van der Waals surface area contributed by atoms with E-state index in [1.165, 1.54) is 7.11 Å². The molecule has 21 heavy (non-hydrogen) atoms. The maximum Gasteiger partial charge on any atom is 0.319 e. The number of amides is 2. The second kappa shape index (κ2) is 7.73. The molecule has 7 heteroatoms. The summed E-state index contributed by atoms with van der Waals surface area (Å²) in [6, 6.07) is 4.34. The highest BCUT2D eigenvalue weighted by atomic mass is 35.5. The molecule has 0 bridgehead atoms. The zero-order valence-corrected chi connectivity index (χ0v) is 12.9. The third kappa shape index (κ3) is 5.15. The number of benzene rings is 1. The summed E-state index contributed by atoms with van der Waals surface area (Å²) < 4.78 is 5.04. The molecule has 0 heterocycles. The highest BCUT2D eigenvalue weighted by Gasteiger charge is 2.22. The van der Waals surface area contributed by atoms with Crippen molar-refractivity contribution in [1.29, 1.82) is 0 Å². The minimum absolute atomic E-state index is 0.0421. The second-order valence-electron chi connectivity index (χ2n) is 4.87. The number of ether oxygens (including phenoxy) is 1. The average Bonchev–Trinajstić information content (AvgIpc) is 2.40. The predicted octanol–water partition coefficient (Wildman–Crippen LogP) is 2.83. The normalized spacial score (nSPS) is 11.9. The Morgan fingerprint density at radius 2 is 2.05 bits per heavy atom. The molecule has 0 saturated carbocycles. The first-order chi connectivity index (χ1) is 9.85. The molecule has 116 valence electrons. The fraction of sp³-hybridized carbons (Fsp3) is 0.429. The number of aliphatic carboxylic acids is 1. The van der Waals surface area contributed by atoms with E-state index in [1.807, 2.05) is 0 Å². The van der Waals surface area contributed by atoms with Gasteiger partial charge in [-0.1, -0.05) is 25.4 Å². The fourth-order valence-electron chi connectivity index (χ4n) is 1.70. The molecule has 0 aliphatic heterocycles. The van der Waals surface area contributed by atoms with E-state index >= 15 is 0 Å². The van der Waals surface area contributed by atoms with E-state index in [0.717, 1.165) is 0 Å².